The monoisotopic (exact) mass is 447 g/mol. The summed E-state index contributed by atoms with van der Waals surface area (Å²) in [5.41, 5.74) is 6.00. The van der Waals surface area contributed by atoms with Crippen LogP contribution in [0.4, 0.5) is 8.78 Å². The molecule has 168 valence electrons. The van der Waals surface area contributed by atoms with Crippen LogP contribution >= 0.6 is 0 Å². The molecule has 0 radical (unpaired) electrons. The van der Waals surface area contributed by atoms with Crippen molar-refractivity contribution in [3.8, 4) is 5.69 Å². The second kappa shape index (κ2) is 7.77. The topological polar surface area (TPSA) is 87.2 Å². The van der Waals surface area contributed by atoms with E-state index in [1.165, 1.54) is 0 Å². The van der Waals surface area contributed by atoms with E-state index >= 15 is 0 Å². The normalized spacial score (nSPS) is 15.9. The minimum atomic E-state index is -2.46. The Hall–Kier alpha value is -3.59. The summed E-state index contributed by atoms with van der Waals surface area (Å²) in [7, 11) is 0. The zero-order valence-corrected chi connectivity index (χ0v) is 17.9. The molecule has 0 saturated heterocycles. The lowest BCUT2D eigenvalue weighted by atomic mass is 9.81. The van der Waals surface area contributed by atoms with E-state index in [0.29, 0.717) is 19.5 Å². The molecule has 33 heavy (non-hydrogen) atoms. The lowest BCUT2D eigenvalue weighted by Crippen LogP contribution is -2.40. The van der Waals surface area contributed by atoms with E-state index in [2.05, 4.69) is 55.1 Å². The number of nitrogens with zero attached hydrogens (tertiary/aromatic N) is 4. The van der Waals surface area contributed by atoms with Gasteiger partial charge in [0, 0.05) is 42.4 Å². The first kappa shape index (κ1) is 20.0. The Morgan fingerprint density at radius 2 is 2.03 bits per heavy atom. The van der Waals surface area contributed by atoms with Crippen LogP contribution in [0.2, 0.25) is 0 Å². The second-order valence-corrected chi connectivity index (χ2v) is 8.92. The van der Waals surface area contributed by atoms with E-state index in [1.54, 1.807) is 10.9 Å². The number of alkyl halides is 2. The highest BCUT2D eigenvalue weighted by Gasteiger charge is 2.44. The summed E-state index contributed by atoms with van der Waals surface area (Å²) in [6.45, 7) is 1.26. The van der Waals surface area contributed by atoms with Crippen molar-refractivity contribution in [2.45, 2.75) is 31.7 Å². The molecule has 5 aromatic rings. The molecular weight excluding hydrogens is 424 g/mol. The first-order chi connectivity index (χ1) is 16.0. The molecule has 0 atom stereocenters. The van der Waals surface area contributed by atoms with Crippen molar-refractivity contribution in [2.75, 3.05) is 6.54 Å². The van der Waals surface area contributed by atoms with E-state index in [9.17, 15) is 8.78 Å². The maximum absolute atomic E-state index is 13.0. The van der Waals surface area contributed by atoms with Crippen LogP contribution in [0.1, 0.15) is 29.8 Å². The molecule has 0 amide bonds. The highest BCUT2D eigenvalue weighted by molar-refractivity contribution is 5.86. The Morgan fingerprint density at radius 1 is 1.12 bits per heavy atom. The molecule has 0 unspecified atom stereocenters. The SMILES string of the molecule is FC1(F)CC(CNCc2cc3ccc(Cc4cn(-c5cccc6[nH]ncc56)nn4)cc3[nH]2)C1. The standard InChI is InChI=1S/C24H23F2N7/c25-24(26)9-16(10-24)11-27-12-18-8-17-5-4-15(7-22(17)29-18)6-19-14-33(32-30-19)23-3-1-2-21-20(23)13-28-31-21/h1-5,7-8,13-14,16,27,29H,6,9-12H2,(H,28,31). The average molecular weight is 447 g/mol. The molecule has 3 heterocycles. The molecule has 0 aliphatic heterocycles. The molecule has 3 aromatic heterocycles. The van der Waals surface area contributed by atoms with Crippen molar-refractivity contribution in [1.29, 1.82) is 0 Å². The van der Waals surface area contributed by atoms with Gasteiger partial charge in [0.1, 0.15) is 0 Å². The third kappa shape index (κ3) is 4.00. The van der Waals surface area contributed by atoms with Crippen molar-refractivity contribution in [2.24, 2.45) is 5.92 Å². The van der Waals surface area contributed by atoms with Gasteiger partial charge in [-0.15, -0.1) is 5.10 Å². The van der Waals surface area contributed by atoms with Crippen molar-refractivity contribution in [3.05, 3.63) is 71.8 Å². The van der Waals surface area contributed by atoms with Crippen LogP contribution in [0.15, 0.2) is 54.9 Å². The number of fused-ring (bicyclic) bond motifs is 2. The first-order valence-electron chi connectivity index (χ1n) is 11.1. The molecule has 0 spiro atoms. The van der Waals surface area contributed by atoms with Crippen LogP contribution in [0, 0.1) is 5.92 Å². The molecule has 7 nitrogen and oxygen atoms in total. The number of nitrogens with one attached hydrogen (secondary N) is 3. The summed E-state index contributed by atoms with van der Waals surface area (Å²) < 4.78 is 27.7. The lowest BCUT2D eigenvalue weighted by molar-refractivity contribution is -0.109. The zero-order valence-electron chi connectivity index (χ0n) is 17.9. The summed E-state index contributed by atoms with van der Waals surface area (Å²) >= 11 is 0. The first-order valence-corrected chi connectivity index (χ1v) is 11.1. The second-order valence-electron chi connectivity index (χ2n) is 8.92. The average Bonchev–Trinajstić information content (AvgIpc) is 3.51. The maximum atomic E-state index is 13.0. The molecule has 9 heteroatoms. The maximum Gasteiger partial charge on any atom is 0.248 e. The number of rotatable bonds is 7. The fraction of sp³-hybridized carbons (Fsp3) is 0.292. The Kier molecular flexibility index (Phi) is 4.72. The molecule has 1 aliphatic carbocycles. The Morgan fingerprint density at radius 3 is 2.91 bits per heavy atom. The molecular formula is C24H23F2N7. The van der Waals surface area contributed by atoms with Gasteiger partial charge in [0.15, 0.2) is 0 Å². The molecule has 1 fully saturated rings. The Labute approximate surface area is 188 Å². The summed E-state index contributed by atoms with van der Waals surface area (Å²) in [4.78, 5) is 3.43. The summed E-state index contributed by atoms with van der Waals surface area (Å²) in [6, 6.07) is 14.3. The molecule has 6 rings (SSSR count). The van der Waals surface area contributed by atoms with E-state index < -0.39 is 5.92 Å². The predicted molar refractivity (Wildman–Crippen MR) is 121 cm³/mol. The largest absolute Gasteiger partial charge is 0.357 e. The van der Waals surface area contributed by atoms with Gasteiger partial charge in [-0.1, -0.05) is 23.4 Å². The smallest absolute Gasteiger partial charge is 0.248 e. The van der Waals surface area contributed by atoms with Gasteiger partial charge < -0.3 is 10.3 Å². The summed E-state index contributed by atoms with van der Waals surface area (Å²) in [6.07, 6.45) is 4.40. The van der Waals surface area contributed by atoms with Gasteiger partial charge in [0.25, 0.3) is 0 Å². The molecule has 0 bridgehead atoms. The van der Waals surface area contributed by atoms with Gasteiger partial charge in [0.05, 0.1) is 29.3 Å². The van der Waals surface area contributed by atoms with Crippen LogP contribution in [0.3, 0.4) is 0 Å². The summed E-state index contributed by atoms with van der Waals surface area (Å²) in [5.74, 6) is -2.38. The Bertz CT molecular complexity index is 1420. The fourth-order valence-corrected chi connectivity index (χ4v) is 4.64. The molecule has 2 aromatic carbocycles. The third-order valence-corrected chi connectivity index (χ3v) is 6.30. The van der Waals surface area contributed by atoms with Crippen molar-refractivity contribution < 1.29 is 8.78 Å². The van der Waals surface area contributed by atoms with Crippen molar-refractivity contribution in [1.82, 2.24) is 35.5 Å². The molecule has 3 N–H and O–H groups in total. The minimum Gasteiger partial charge on any atom is -0.357 e. The van der Waals surface area contributed by atoms with Crippen LogP contribution < -0.4 is 5.32 Å². The van der Waals surface area contributed by atoms with Gasteiger partial charge in [-0.3, -0.25) is 5.10 Å². The zero-order chi connectivity index (χ0) is 22.4. The van der Waals surface area contributed by atoms with Crippen molar-refractivity contribution in [3.63, 3.8) is 0 Å². The van der Waals surface area contributed by atoms with Crippen LogP contribution in [0.5, 0.6) is 0 Å². The number of halogens is 2. The lowest BCUT2D eigenvalue weighted by Gasteiger charge is -2.34. The fourth-order valence-electron chi connectivity index (χ4n) is 4.64. The van der Waals surface area contributed by atoms with E-state index in [1.807, 2.05) is 24.4 Å². The highest BCUT2D eigenvalue weighted by atomic mass is 19.3. The van der Waals surface area contributed by atoms with E-state index in [-0.39, 0.29) is 18.8 Å². The number of aromatic nitrogens is 6. The number of benzene rings is 2. The van der Waals surface area contributed by atoms with Gasteiger partial charge in [-0.25, -0.2) is 13.5 Å². The number of aromatic amines is 2. The third-order valence-electron chi connectivity index (χ3n) is 6.30. The van der Waals surface area contributed by atoms with Crippen LogP contribution in [-0.2, 0) is 13.0 Å². The van der Waals surface area contributed by atoms with Gasteiger partial charge in [0.2, 0.25) is 5.92 Å². The van der Waals surface area contributed by atoms with E-state index in [0.717, 1.165) is 44.4 Å². The highest BCUT2D eigenvalue weighted by Crippen LogP contribution is 2.41. The number of hydrogen-bond donors (Lipinski definition) is 3. The van der Waals surface area contributed by atoms with Gasteiger partial charge >= 0.3 is 0 Å². The molecule has 1 aliphatic rings. The van der Waals surface area contributed by atoms with Crippen LogP contribution in [0.25, 0.3) is 27.5 Å². The van der Waals surface area contributed by atoms with Gasteiger partial charge in [-0.2, -0.15) is 5.10 Å². The quantitative estimate of drug-likeness (QED) is 0.346. The van der Waals surface area contributed by atoms with Gasteiger partial charge in [-0.05, 0) is 47.7 Å². The summed E-state index contributed by atoms with van der Waals surface area (Å²) in [5, 5.41) is 21.2. The number of hydrogen-bond acceptors (Lipinski definition) is 4. The Balaban J connectivity index is 1.13. The predicted octanol–water partition coefficient (Wildman–Crippen LogP) is 4.35. The number of H-pyrrole nitrogens is 2. The molecule has 1 saturated carbocycles. The minimum absolute atomic E-state index is 0.00208. The van der Waals surface area contributed by atoms with Crippen molar-refractivity contribution >= 4 is 21.8 Å². The van der Waals surface area contributed by atoms with E-state index in [4.69, 9.17) is 0 Å². The van der Waals surface area contributed by atoms with Crippen LogP contribution in [-0.4, -0.2) is 42.6 Å².